The summed E-state index contributed by atoms with van der Waals surface area (Å²) in [6.07, 6.45) is 5.22. The Balaban J connectivity index is 0.00000433. The molecule has 7 nitrogen and oxygen atoms in total. The Hall–Kier alpha value is -4.40. The summed E-state index contributed by atoms with van der Waals surface area (Å²) < 4.78 is 24.1. The number of hydrogen-bond acceptors (Lipinski definition) is 4. The third-order valence-corrected chi connectivity index (χ3v) is 8.76. The van der Waals surface area contributed by atoms with Gasteiger partial charge in [0.05, 0.1) is 22.2 Å². The van der Waals surface area contributed by atoms with Gasteiger partial charge in [-0.3, -0.25) is 4.79 Å². The van der Waals surface area contributed by atoms with Gasteiger partial charge in [0.1, 0.15) is 24.0 Å². The van der Waals surface area contributed by atoms with Crippen molar-refractivity contribution in [1.82, 2.24) is 9.55 Å². The fourth-order valence-corrected chi connectivity index (χ4v) is 6.17. The maximum atomic E-state index is 15.9. The van der Waals surface area contributed by atoms with Crippen molar-refractivity contribution in [3.63, 3.8) is 0 Å². The number of aromatic carboxylic acids is 1. The van der Waals surface area contributed by atoms with E-state index >= 15 is 4.39 Å². The van der Waals surface area contributed by atoms with Crippen LogP contribution >= 0.6 is 24.0 Å². The van der Waals surface area contributed by atoms with Crippen molar-refractivity contribution in [2.24, 2.45) is 5.92 Å². The summed E-state index contributed by atoms with van der Waals surface area (Å²) >= 11 is 6.12. The molecule has 1 aliphatic rings. The Kier molecular flexibility index (Phi) is 10.5. The highest BCUT2D eigenvalue weighted by Gasteiger charge is 2.25. The number of fused-ring (bicyclic) bond motifs is 1. The lowest BCUT2D eigenvalue weighted by molar-refractivity contribution is -0.118. The van der Waals surface area contributed by atoms with Gasteiger partial charge < -0.3 is 19.7 Å². The lowest BCUT2D eigenvalue weighted by Gasteiger charge is -2.25. The van der Waals surface area contributed by atoms with Crippen LogP contribution in [0.1, 0.15) is 67.9 Å². The quantitative estimate of drug-likeness (QED) is 0.162. The Bertz CT molecular complexity index is 1920. The zero-order chi connectivity index (χ0) is 32.4. The van der Waals surface area contributed by atoms with Crippen molar-refractivity contribution in [2.45, 2.75) is 58.6 Å². The molecule has 1 saturated carbocycles. The number of anilines is 1. The van der Waals surface area contributed by atoms with Gasteiger partial charge in [0.15, 0.2) is 0 Å². The molecule has 0 bridgehead atoms. The molecule has 1 fully saturated rings. The summed E-state index contributed by atoms with van der Waals surface area (Å²) in [6.45, 7) is 3.79. The van der Waals surface area contributed by atoms with E-state index in [0.29, 0.717) is 33.4 Å². The zero-order valence-electron chi connectivity index (χ0n) is 26.1. The molecule has 0 atom stereocenters. The minimum absolute atomic E-state index is 0. The number of rotatable bonds is 9. The lowest BCUT2D eigenvalue weighted by atomic mass is 9.94. The number of carboxylic acids is 1. The number of carboxylic acid groups (broad SMARTS) is 1. The van der Waals surface area contributed by atoms with E-state index in [2.05, 4.69) is 9.88 Å². The van der Waals surface area contributed by atoms with Crippen LogP contribution in [0.25, 0.3) is 33.5 Å². The SMILES string of the molecule is CC(C)C(=O)Nc1ccc(-c2ccc(Cl)cc2)c(COc2ccc(-c3nc4cc(C(=O)O)ccc4n3C3CCCCC3)c(F)c2)c1.Cl. The first-order chi connectivity index (χ1) is 22.2. The molecule has 1 aromatic heterocycles. The highest BCUT2D eigenvalue weighted by Crippen LogP contribution is 2.38. The number of benzene rings is 4. The molecule has 1 aliphatic carbocycles. The Labute approximate surface area is 284 Å². The van der Waals surface area contributed by atoms with Crippen LogP contribution in [0.5, 0.6) is 5.75 Å². The van der Waals surface area contributed by atoms with Crippen LogP contribution in [0.3, 0.4) is 0 Å². The smallest absolute Gasteiger partial charge is 0.335 e. The molecule has 4 aromatic carbocycles. The largest absolute Gasteiger partial charge is 0.489 e. The molecule has 0 unspecified atom stereocenters. The fourth-order valence-electron chi connectivity index (χ4n) is 6.05. The van der Waals surface area contributed by atoms with Gasteiger partial charge in [-0.2, -0.15) is 0 Å². The van der Waals surface area contributed by atoms with Crippen LogP contribution in [0, 0.1) is 11.7 Å². The number of hydrogen-bond donors (Lipinski definition) is 2. The maximum Gasteiger partial charge on any atom is 0.335 e. The molecular formula is C37H36Cl2FN3O4. The molecule has 6 rings (SSSR count). The van der Waals surface area contributed by atoms with Crippen molar-refractivity contribution < 1.29 is 23.8 Å². The summed E-state index contributed by atoms with van der Waals surface area (Å²) in [5.41, 5.74) is 5.07. The number of ether oxygens (including phenoxy) is 1. The second kappa shape index (κ2) is 14.6. The monoisotopic (exact) mass is 675 g/mol. The van der Waals surface area contributed by atoms with Gasteiger partial charge in [-0.15, -0.1) is 12.4 Å². The van der Waals surface area contributed by atoms with Crippen molar-refractivity contribution in [2.75, 3.05) is 5.32 Å². The summed E-state index contributed by atoms with van der Waals surface area (Å²) in [5, 5.41) is 13.1. The van der Waals surface area contributed by atoms with Crippen LogP contribution in [0.15, 0.2) is 78.9 Å². The number of amides is 1. The Morgan fingerprint density at radius 2 is 1.70 bits per heavy atom. The first-order valence-electron chi connectivity index (χ1n) is 15.6. The molecule has 47 heavy (non-hydrogen) atoms. The normalized spacial score (nSPS) is 13.4. The molecule has 0 radical (unpaired) electrons. The fraction of sp³-hybridized carbons (Fsp3) is 0.270. The molecule has 0 spiro atoms. The third-order valence-electron chi connectivity index (χ3n) is 8.50. The van der Waals surface area contributed by atoms with E-state index < -0.39 is 11.8 Å². The van der Waals surface area contributed by atoms with Crippen molar-refractivity contribution in [1.29, 1.82) is 0 Å². The van der Waals surface area contributed by atoms with Gasteiger partial charge in [0, 0.05) is 28.7 Å². The summed E-state index contributed by atoms with van der Waals surface area (Å²) in [7, 11) is 0. The van der Waals surface area contributed by atoms with Crippen LogP contribution in [-0.2, 0) is 11.4 Å². The summed E-state index contributed by atoms with van der Waals surface area (Å²) in [6, 6.07) is 22.9. The Morgan fingerprint density at radius 1 is 0.979 bits per heavy atom. The second-order valence-corrected chi connectivity index (χ2v) is 12.5. The van der Waals surface area contributed by atoms with Crippen molar-refractivity contribution >= 4 is 52.6 Å². The molecule has 5 aromatic rings. The number of aromatic nitrogens is 2. The highest BCUT2D eigenvalue weighted by molar-refractivity contribution is 6.30. The van der Waals surface area contributed by atoms with E-state index in [9.17, 15) is 14.7 Å². The average Bonchev–Trinajstić information content (AvgIpc) is 3.43. The number of halogens is 3. The van der Waals surface area contributed by atoms with E-state index in [-0.39, 0.29) is 42.4 Å². The van der Waals surface area contributed by atoms with Gasteiger partial charge in [-0.1, -0.05) is 62.9 Å². The van der Waals surface area contributed by atoms with Gasteiger partial charge in [0.2, 0.25) is 5.91 Å². The topological polar surface area (TPSA) is 93.4 Å². The van der Waals surface area contributed by atoms with Gasteiger partial charge >= 0.3 is 5.97 Å². The average molecular weight is 677 g/mol. The van der Waals surface area contributed by atoms with Crippen LogP contribution in [0.4, 0.5) is 10.1 Å². The molecule has 2 N–H and O–H groups in total. The number of carbonyl (C=O) groups excluding carboxylic acids is 1. The molecular weight excluding hydrogens is 640 g/mol. The van der Waals surface area contributed by atoms with Crippen LogP contribution in [-0.4, -0.2) is 26.5 Å². The van der Waals surface area contributed by atoms with Crippen molar-refractivity contribution in [3.8, 4) is 28.3 Å². The summed E-state index contributed by atoms with van der Waals surface area (Å²) in [4.78, 5) is 28.8. The number of imidazole rings is 1. The second-order valence-electron chi connectivity index (χ2n) is 12.1. The first-order valence-corrected chi connectivity index (χ1v) is 15.9. The summed E-state index contributed by atoms with van der Waals surface area (Å²) in [5.74, 6) is -0.972. The van der Waals surface area contributed by atoms with Crippen molar-refractivity contribution in [3.05, 3.63) is 101 Å². The van der Waals surface area contributed by atoms with Gasteiger partial charge in [-0.05, 0) is 84.1 Å². The standard InChI is InChI=1S/C37H35ClFN3O4.ClH/c1-22(2)36(43)40-27-13-15-30(23-8-11-26(38)12-9-23)25(18-27)21-46-29-14-16-31(32(39)20-29)35-41-33-19-24(37(44)45)10-17-34(33)42(35)28-6-4-3-5-7-28;/h8-20,22,28H,3-7,21H2,1-2H3,(H,40,43)(H,44,45);1H. The van der Waals surface area contributed by atoms with E-state index in [0.717, 1.165) is 54.3 Å². The number of nitrogens with zero attached hydrogens (tertiary/aromatic N) is 2. The highest BCUT2D eigenvalue weighted by atomic mass is 35.5. The van der Waals surface area contributed by atoms with E-state index in [1.54, 1.807) is 30.3 Å². The number of carbonyl (C=O) groups is 2. The Morgan fingerprint density at radius 3 is 2.38 bits per heavy atom. The predicted molar refractivity (Wildman–Crippen MR) is 186 cm³/mol. The number of nitrogens with one attached hydrogen (secondary N) is 1. The molecule has 0 saturated heterocycles. The van der Waals surface area contributed by atoms with Gasteiger partial charge in [-0.25, -0.2) is 14.2 Å². The molecule has 1 amide bonds. The molecule has 244 valence electrons. The lowest BCUT2D eigenvalue weighted by Crippen LogP contribution is -2.17. The van der Waals surface area contributed by atoms with Gasteiger partial charge in [0.25, 0.3) is 0 Å². The minimum atomic E-state index is -1.03. The molecule has 0 aliphatic heterocycles. The van der Waals surface area contributed by atoms with E-state index in [4.69, 9.17) is 21.3 Å². The predicted octanol–water partition coefficient (Wildman–Crippen LogP) is 9.96. The minimum Gasteiger partial charge on any atom is -0.489 e. The molecule has 10 heteroatoms. The first kappa shape index (κ1) is 33.9. The zero-order valence-corrected chi connectivity index (χ0v) is 27.7. The van der Waals surface area contributed by atoms with E-state index in [1.807, 2.05) is 56.3 Å². The van der Waals surface area contributed by atoms with Crippen LogP contribution < -0.4 is 10.1 Å². The van der Waals surface area contributed by atoms with E-state index in [1.165, 1.54) is 6.07 Å². The molecule has 1 heterocycles. The third kappa shape index (κ3) is 7.45. The maximum absolute atomic E-state index is 15.9. The van der Waals surface area contributed by atoms with Crippen LogP contribution in [0.2, 0.25) is 5.02 Å².